The number of pyridine rings is 1. The predicted molar refractivity (Wildman–Crippen MR) is 74.1 cm³/mol. The number of nitrogens with zero attached hydrogens (tertiary/aromatic N) is 4. The van der Waals surface area contributed by atoms with E-state index < -0.39 is 0 Å². The van der Waals surface area contributed by atoms with E-state index in [1.165, 1.54) is 11.3 Å². The van der Waals surface area contributed by atoms with E-state index in [4.69, 9.17) is 16.3 Å². The van der Waals surface area contributed by atoms with Gasteiger partial charge < -0.3 is 5.73 Å². The first-order valence-electron chi connectivity index (χ1n) is 4.52. The number of nitriles is 2. The molecule has 0 bridgehead atoms. The molecule has 0 saturated carbocycles. The van der Waals surface area contributed by atoms with Crippen LogP contribution in [0, 0.1) is 22.7 Å². The molecule has 0 aliphatic rings. The molecule has 2 N–H and O–H groups in total. The minimum atomic E-state index is 0.0422. The quantitative estimate of drug-likeness (QED) is 0.779. The highest BCUT2D eigenvalue weighted by molar-refractivity contribution is 9.11. The number of halogens is 1. The molecular weight excluding hydrogens is 334 g/mol. The Morgan fingerprint density at radius 1 is 1.28 bits per heavy atom. The van der Waals surface area contributed by atoms with Crippen molar-refractivity contribution in [1.82, 2.24) is 9.97 Å². The van der Waals surface area contributed by atoms with Gasteiger partial charge in [0.05, 0.1) is 11.3 Å². The van der Waals surface area contributed by atoms with Crippen LogP contribution in [0.3, 0.4) is 0 Å². The first-order chi connectivity index (χ1) is 8.58. The number of nitrogen functional groups attached to an aromatic ring is 1. The number of hydrogen-bond acceptors (Lipinski definition) is 7. The molecular formula is C10H4BrN5S2. The van der Waals surface area contributed by atoms with E-state index in [1.807, 2.05) is 12.1 Å². The largest absolute Gasteiger partial charge is 0.383 e. The maximum absolute atomic E-state index is 9.15. The van der Waals surface area contributed by atoms with Crippen LogP contribution in [0.1, 0.15) is 11.1 Å². The molecule has 0 aromatic carbocycles. The highest BCUT2D eigenvalue weighted by Gasteiger charge is 2.20. The number of nitrogens with two attached hydrogens (primary N) is 1. The monoisotopic (exact) mass is 337 g/mol. The van der Waals surface area contributed by atoms with Crippen molar-refractivity contribution >= 4 is 45.7 Å². The van der Waals surface area contributed by atoms with Gasteiger partial charge in [-0.2, -0.15) is 10.5 Å². The molecule has 2 rings (SSSR count). The molecule has 88 valence electrons. The summed E-state index contributed by atoms with van der Waals surface area (Å²) in [5.74, 6) is 0.0422. The summed E-state index contributed by atoms with van der Waals surface area (Å²) >= 11 is 8.69. The van der Waals surface area contributed by atoms with E-state index in [0.29, 0.717) is 15.2 Å². The molecule has 2 heterocycles. The Balaban J connectivity index is 2.88. The minimum Gasteiger partial charge on any atom is -0.383 e. The maximum atomic E-state index is 9.15. The van der Waals surface area contributed by atoms with Gasteiger partial charge in [0.25, 0.3) is 0 Å². The van der Waals surface area contributed by atoms with E-state index in [-0.39, 0.29) is 22.0 Å². The fraction of sp³-hybridized carbons (Fsp3) is 0. The SMILES string of the molecule is N#Cc1c(N)nc(S)c(C#N)c1-c1csc(Br)n1. The Labute approximate surface area is 120 Å². The lowest BCUT2D eigenvalue weighted by Crippen LogP contribution is -2.02. The lowest BCUT2D eigenvalue weighted by Gasteiger charge is -2.07. The van der Waals surface area contributed by atoms with E-state index in [9.17, 15) is 0 Å². The second-order valence-electron chi connectivity index (χ2n) is 3.15. The van der Waals surface area contributed by atoms with Gasteiger partial charge in [-0.1, -0.05) is 0 Å². The van der Waals surface area contributed by atoms with Crippen LogP contribution >= 0.6 is 39.9 Å². The fourth-order valence-corrected chi connectivity index (χ4v) is 2.70. The molecule has 0 aliphatic carbocycles. The number of thiazole rings is 1. The molecule has 0 saturated heterocycles. The van der Waals surface area contributed by atoms with Crippen LogP contribution in [0.15, 0.2) is 14.3 Å². The number of hydrogen-bond donors (Lipinski definition) is 2. The summed E-state index contributed by atoms with van der Waals surface area (Å²) in [4.78, 5) is 8.07. The van der Waals surface area contributed by atoms with Crippen molar-refractivity contribution in [3.05, 3.63) is 20.4 Å². The normalized spacial score (nSPS) is 9.78. The van der Waals surface area contributed by atoms with Crippen LogP contribution in [-0.2, 0) is 0 Å². The standard InChI is InChI=1S/C10H4BrN5S2/c11-10-15-6(3-18-10)7-4(1-12)8(14)16-9(17)5(7)2-13/h3H,(H3,14,16,17). The molecule has 8 heteroatoms. The average Bonchev–Trinajstić information content (AvgIpc) is 2.74. The molecule has 18 heavy (non-hydrogen) atoms. The van der Waals surface area contributed by atoms with E-state index in [2.05, 4.69) is 38.5 Å². The van der Waals surface area contributed by atoms with Gasteiger partial charge in [0.1, 0.15) is 28.5 Å². The zero-order chi connectivity index (χ0) is 13.3. The van der Waals surface area contributed by atoms with Crippen molar-refractivity contribution in [1.29, 1.82) is 10.5 Å². The van der Waals surface area contributed by atoms with Crippen molar-refractivity contribution in [2.75, 3.05) is 5.73 Å². The highest BCUT2D eigenvalue weighted by atomic mass is 79.9. The van der Waals surface area contributed by atoms with Gasteiger partial charge in [-0.05, 0) is 15.9 Å². The van der Waals surface area contributed by atoms with E-state index in [0.717, 1.165) is 0 Å². The molecule has 0 unspecified atom stereocenters. The lowest BCUT2D eigenvalue weighted by molar-refractivity contribution is 1.12. The maximum Gasteiger partial charge on any atom is 0.159 e. The van der Waals surface area contributed by atoms with E-state index >= 15 is 0 Å². The molecule has 2 aromatic rings. The number of aromatic nitrogens is 2. The second kappa shape index (κ2) is 4.94. The summed E-state index contributed by atoms with van der Waals surface area (Å²) in [7, 11) is 0. The van der Waals surface area contributed by atoms with Crippen LogP contribution in [0.5, 0.6) is 0 Å². The van der Waals surface area contributed by atoms with Crippen molar-refractivity contribution < 1.29 is 0 Å². The molecule has 0 radical (unpaired) electrons. The lowest BCUT2D eigenvalue weighted by atomic mass is 10.0. The highest BCUT2D eigenvalue weighted by Crippen LogP contribution is 2.34. The summed E-state index contributed by atoms with van der Waals surface area (Å²) in [5.41, 5.74) is 6.89. The smallest absolute Gasteiger partial charge is 0.159 e. The van der Waals surface area contributed by atoms with Gasteiger partial charge in [-0.3, -0.25) is 0 Å². The summed E-state index contributed by atoms with van der Waals surface area (Å²) in [6.45, 7) is 0. The van der Waals surface area contributed by atoms with Crippen LogP contribution in [0.25, 0.3) is 11.3 Å². The Bertz CT molecular complexity index is 672. The van der Waals surface area contributed by atoms with Gasteiger partial charge in [-0.25, -0.2) is 9.97 Å². The molecule has 0 fully saturated rings. The molecule has 0 spiro atoms. The minimum absolute atomic E-state index is 0.0422. The van der Waals surface area contributed by atoms with Gasteiger partial charge in [0.2, 0.25) is 0 Å². The van der Waals surface area contributed by atoms with Crippen molar-refractivity contribution in [3.8, 4) is 23.4 Å². The Morgan fingerprint density at radius 2 is 1.94 bits per heavy atom. The molecule has 0 aliphatic heterocycles. The molecule has 2 aromatic heterocycles. The summed E-state index contributed by atoms with van der Waals surface area (Å²) in [6, 6.07) is 3.93. The number of thiol groups is 1. The third-order valence-corrected chi connectivity index (χ3v) is 3.85. The van der Waals surface area contributed by atoms with Gasteiger partial charge >= 0.3 is 0 Å². The third kappa shape index (κ3) is 2.06. The molecule has 5 nitrogen and oxygen atoms in total. The summed E-state index contributed by atoms with van der Waals surface area (Å²) in [6.07, 6.45) is 0. The molecule has 0 atom stereocenters. The summed E-state index contributed by atoms with van der Waals surface area (Å²) < 4.78 is 0.654. The van der Waals surface area contributed by atoms with Crippen LogP contribution in [0.4, 0.5) is 5.82 Å². The van der Waals surface area contributed by atoms with Gasteiger partial charge in [0.15, 0.2) is 3.92 Å². The van der Waals surface area contributed by atoms with Crippen LogP contribution in [-0.4, -0.2) is 9.97 Å². The van der Waals surface area contributed by atoms with Crippen molar-refractivity contribution in [2.24, 2.45) is 0 Å². The zero-order valence-corrected chi connectivity index (χ0v) is 12.0. The Hall–Kier alpha value is -1.61. The first-order valence-corrected chi connectivity index (χ1v) is 6.64. The Morgan fingerprint density at radius 3 is 2.44 bits per heavy atom. The third-order valence-electron chi connectivity index (χ3n) is 2.16. The first kappa shape index (κ1) is 12.8. The topological polar surface area (TPSA) is 99.4 Å². The van der Waals surface area contributed by atoms with Gasteiger partial charge in [-0.15, -0.1) is 24.0 Å². The van der Waals surface area contributed by atoms with Gasteiger partial charge in [0, 0.05) is 10.9 Å². The molecule has 0 amide bonds. The second-order valence-corrected chi connectivity index (χ2v) is 5.71. The Kier molecular flexibility index (Phi) is 3.53. The van der Waals surface area contributed by atoms with Crippen LogP contribution < -0.4 is 5.73 Å². The average molecular weight is 338 g/mol. The predicted octanol–water partition coefficient (Wildman–Crippen LogP) is 2.58. The zero-order valence-electron chi connectivity index (χ0n) is 8.68. The van der Waals surface area contributed by atoms with Crippen molar-refractivity contribution in [2.45, 2.75) is 5.03 Å². The van der Waals surface area contributed by atoms with Crippen molar-refractivity contribution in [3.63, 3.8) is 0 Å². The number of rotatable bonds is 1. The fourth-order valence-electron chi connectivity index (χ4n) is 1.43. The summed E-state index contributed by atoms with van der Waals surface area (Å²) in [5, 5.41) is 20.2. The van der Waals surface area contributed by atoms with E-state index in [1.54, 1.807) is 5.38 Å². The van der Waals surface area contributed by atoms with Crippen LogP contribution in [0.2, 0.25) is 0 Å². The number of anilines is 1.